The molecule has 5 heteroatoms. The van der Waals surface area contributed by atoms with Crippen LogP contribution in [0.4, 0.5) is 10.1 Å². The van der Waals surface area contributed by atoms with Crippen LogP contribution in [0, 0.1) is 5.82 Å². The van der Waals surface area contributed by atoms with E-state index in [2.05, 4.69) is 27.1 Å². The first kappa shape index (κ1) is 14.5. The summed E-state index contributed by atoms with van der Waals surface area (Å²) in [5.41, 5.74) is 1.88. The molecule has 0 N–H and O–H groups in total. The molecule has 0 aliphatic carbocycles. The van der Waals surface area contributed by atoms with Gasteiger partial charge < -0.3 is 4.90 Å². The summed E-state index contributed by atoms with van der Waals surface area (Å²) in [7, 11) is 0. The smallest absolute Gasteiger partial charge is 0.146 e. The molecule has 2 aromatic rings. The third kappa shape index (κ3) is 3.41. The molecule has 0 unspecified atom stereocenters. The van der Waals surface area contributed by atoms with Crippen molar-refractivity contribution < 1.29 is 4.39 Å². The summed E-state index contributed by atoms with van der Waals surface area (Å²) in [5, 5.41) is 3.36. The zero-order chi connectivity index (χ0) is 14.7. The van der Waals surface area contributed by atoms with Crippen LogP contribution < -0.4 is 4.90 Å². The molecule has 0 atom stereocenters. The van der Waals surface area contributed by atoms with Crippen molar-refractivity contribution in [3.05, 3.63) is 46.2 Å². The Kier molecular flexibility index (Phi) is 4.51. The van der Waals surface area contributed by atoms with Gasteiger partial charge in [-0.1, -0.05) is 19.1 Å². The first-order valence-corrected chi connectivity index (χ1v) is 8.29. The lowest BCUT2D eigenvalue weighted by atomic mass is 10.2. The van der Waals surface area contributed by atoms with Crippen LogP contribution in [0.1, 0.15) is 17.6 Å². The monoisotopic (exact) mass is 305 g/mol. The van der Waals surface area contributed by atoms with E-state index in [1.807, 2.05) is 12.1 Å². The third-order valence-electron chi connectivity index (χ3n) is 3.85. The Morgan fingerprint density at radius 1 is 1.19 bits per heavy atom. The lowest BCUT2D eigenvalue weighted by molar-refractivity contribution is 0.247. The van der Waals surface area contributed by atoms with E-state index in [9.17, 15) is 4.39 Å². The molecule has 1 fully saturated rings. The highest BCUT2D eigenvalue weighted by molar-refractivity contribution is 7.09. The fourth-order valence-electron chi connectivity index (χ4n) is 2.67. The normalized spacial score (nSPS) is 16.4. The minimum atomic E-state index is -0.127. The number of anilines is 1. The topological polar surface area (TPSA) is 19.4 Å². The average Bonchev–Trinajstić information content (AvgIpc) is 2.96. The van der Waals surface area contributed by atoms with E-state index >= 15 is 0 Å². The van der Waals surface area contributed by atoms with Gasteiger partial charge in [0.1, 0.15) is 5.82 Å². The maximum absolute atomic E-state index is 13.8. The number of piperazine rings is 1. The van der Waals surface area contributed by atoms with Crippen molar-refractivity contribution >= 4 is 17.0 Å². The fraction of sp³-hybridized carbons (Fsp3) is 0.438. The molecule has 1 saturated heterocycles. The van der Waals surface area contributed by atoms with Crippen molar-refractivity contribution in [3.63, 3.8) is 0 Å². The molecule has 1 aliphatic heterocycles. The van der Waals surface area contributed by atoms with Gasteiger partial charge in [-0.05, 0) is 18.6 Å². The van der Waals surface area contributed by atoms with Crippen LogP contribution in [0.2, 0.25) is 0 Å². The van der Waals surface area contributed by atoms with E-state index in [-0.39, 0.29) is 5.82 Å². The van der Waals surface area contributed by atoms with Gasteiger partial charge in [0, 0.05) is 38.1 Å². The molecule has 0 amide bonds. The highest BCUT2D eigenvalue weighted by Gasteiger charge is 2.19. The molecular formula is C16H20FN3S. The summed E-state index contributed by atoms with van der Waals surface area (Å²) < 4.78 is 13.8. The number of nitrogens with zero attached hydrogens (tertiary/aromatic N) is 3. The molecule has 112 valence electrons. The van der Waals surface area contributed by atoms with Gasteiger partial charge in [-0.15, -0.1) is 11.3 Å². The first-order chi connectivity index (χ1) is 10.3. The summed E-state index contributed by atoms with van der Waals surface area (Å²) in [5.74, 6) is -0.127. The number of para-hydroxylation sites is 1. The van der Waals surface area contributed by atoms with Crippen molar-refractivity contribution in [1.29, 1.82) is 0 Å². The van der Waals surface area contributed by atoms with Gasteiger partial charge >= 0.3 is 0 Å². The number of aromatic nitrogens is 1. The van der Waals surface area contributed by atoms with E-state index in [0.29, 0.717) is 0 Å². The van der Waals surface area contributed by atoms with E-state index in [4.69, 9.17) is 0 Å². The second kappa shape index (κ2) is 6.54. The van der Waals surface area contributed by atoms with Crippen molar-refractivity contribution in [3.8, 4) is 0 Å². The first-order valence-electron chi connectivity index (χ1n) is 7.41. The Hall–Kier alpha value is -1.46. The molecule has 2 heterocycles. The predicted octanol–water partition coefficient (Wildman–Crippen LogP) is 3.17. The Labute approximate surface area is 129 Å². The van der Waals surface area contributed by atoms with Crippen molar-refractivity contribution in [1.82, 2.24) is 9.88 Å². The summed E-state index contributed by atoms with van der Waals surface area (Å²) in [6, 6.07) is 7.02. The standard InChI is InChI=1S/C16H20FN3S/c1-2-16-18-13(12-21-16)11-19-7-9-20(10-8-19)15-6-4-3-5-14(15)17/h3-6,12H,2,7-11H2,1H3. The molecule has 1 aromatic carbocycles. The number of hydrogen-bond donors (Lipinski definition) is 0. The van der Waals surface area contributed by atoms with Gasteiger partial charge in [0.25, 0.3) is 0 Å². The largest absolute Gasteiger partial charge is 0.367 e. The van der Waals surface area contributed by atoms with E-state index in [1.165, 1.54) is 11.1 Å². The highest BCUT2D eigenvalue weighted by Crippen LogP contribution is 2.21. The molecule has 1 aromatic heterocycles. The highest BCUT2D eigenvalue weighted by atomic mass is 32.1. The summed E-state index contributed by atoms with van der Waals surface area (Å²) in [6.45, 7) is 6.68. The van der Waals surface area contributed by atoms with Crippen LogP contribution in [-0.4, -0.2) is 36.1 Å². The van der Waals surface area contributed by atoms with Crippen LogP contribution >= 0.6 is 11.3 Å². The number of hydrogen-bond acceptors (Lipinski definition) is 4. The molecule has 0 radical (unpaired) electrons. The lowest BCUT2D eigenvalue weighted by Crippen LogP contribution is -2.46. The molecule has 0 bridgehead atoms. The van der Waals surface area contributed by atoms with Gasteiger partial charge in [-0.25, -0.2) is 9.37 Å². The van der Waals surface area contributed by atoms with Crippen LogP contribution in [0.25, 0.3) is 0 Å². The van der Waals surface area contributed by atoms with Gasteiger partial charge in [0.05, 0.1) is 16.4 Å². The van der Waals surface area contributed by atoms with Gasteiger partial charge in [-0.3, -0.25) is 4.90 Å². The number of aryl methyl sites for hydroxylation is 1. The molecular weight excluding hydrogens is 285 g/mol. The molecule has 1 aliphatic rings. The maximum Gasteiger partial charge on any atom is 0.146 e. The Morgan fingerprint density at radius 3 is 2.62 bits per heavy atom. The number of benzene rings is 1. The lowest BCUT2D eigenvalue weighted by Gasteiger charge is -2.35. The number of rotatable bonds is 4. The second-order valence-corrected chi connectivity index (χ2v) is 6.24. The second-order valence-electron chi connectivity index (χ2n) is 5.30. The zero-order valence-electron chi connectivity index (χ0n) is 12.3. The molecule has 0 spiro atoms. The average molecular weight is 305 g/mol. The summed E-state index contributed by atoms with van der Waals surface area (Å²) >= 11 is 1.74. The zero-order valence-corrected chi connectivity index (χ0v) is 13.1. The maximum atomic E-state index is 13.8. The minimum absolute atomic E-state index is 0.127. The summed E-state index contributed by atoms with van der Waals surface area (Å²) in [4.78, 5) is 9.14. The third-order valence-corrected chi connectivity index (χ3v) is 4.89. The quantitative estimate of drug-likeness (QED) is 0.865. The van der Waals surface area contributed by atoms with E-state index in [1.54, 1.807) is 17.4 Å². The van der Waals surface area contributed by atoms with Gasteiger partial charge in [0.15, 0.2) is 0 Å². The number of halogens is 1. The molecule has 21 heavy (non-hydrogen) atoms. The number of thiazole rings is 1. The minimum Gasteiger partial charge on any atom is -0.367 e. The SMILES string of the molecule is CCc1nc(CN2CCN(c3ccccc3F)CC2)cs1. The van der Waals surface area contributed by atoms with Crippen molar-refractivity contribution in [2.24, 2.45) is 0 Å². The van der Waals surface area contributed by atoms with Gasteiger partial charge in [-0.2, -0.15) is 0 Å². The van der Waals surface area contributed by atoms with Crippen LogP contribution in [0.3, 0.4) is 0 Å². The Balaban J connectivity index is 1.56. The van der Waals surface area contributed by atoms with E-state index < -0.39 is 0 Å². The van der Waals surface area contributed by atoms with Crippen LogP contribution in [0.5, 0.6) is 0 Å². The fourth-order valence-corrected chi connectivity index (χ4v) is 3.40. The van der Waals surface area contributed by atoms with Crippen molar-refractivity contribution in [2.75, 3.05) is 31.1 Å². The molecule has 3 rings (SSSR count). The van der Waals surface area contributed by atoms with E-state index in [0.717, 1.165) is 50.5 Å². The molecule has 0 saturated carbocycles. The Morgan fingerprint density at radius 2 is 1.95 bits per heavy atom. The molecule has 3 nitrogen and oxygen atoms in total. The Bertz CT molecular complexity index is 591. The van der Waals surface area contributed by atoms with Crippen LogP contribution in [0.15, 0.2) is 29.6 Å². The van der Waals surface area contributed by atoms with Crippen LogP contribution in [-0.2, 0) is 13.0 Å². The summed E-state index contributed by atoms with van der Waals surface area (Å²) in [6.07, 6.45) is 1.01. The predicted molar refractivity (Wildman–Crippen MR) is 85.4 cm³/mol. The van der Waals surface area contributed by atoms with Crippen molar-refractivity contribution in [2.45, 2.75) is 19.9 Å². The van der Waals surface area contributed by atoms with Gasteiger partial charge in [0.2, 0.25) is 0 Å².